The Labute approximate surface area is 437 Å². The molecule has 3 aromatic rings. The summed E-state index contributed by atoms with van der Waals surface area (Å²) in [5, 5.41) is 68.5. The summed E-state index contributed by atoms with van der Waals surface area (Å²) in [7, 11) is 5.23. The Hall–Kier alpha value is -3.57. The molecule has 0 amide bonds. The maximum atomic E-state index is 14.6. The second-order valence-electron chi connectivity index (χ2n) is 22.6. The van der Waals surface area contributed by atoms with Gasteiger partial charge in [0.2, 0.25) is 0 Å². The van der Waals surface area contributed by atoms with Crippen LogP contribution in [0, 0.1) is 17.8 Å². The largest absolute Gasteiger partial charge is 0.459 e. The second-order valence-corrected chi connectivity index (χ2v) is 22.6. The van der Waals surface area contributed by atoms with Crippen molar-refractivity contribution in [2.75, 3.05) is 41.0 Å². The first-order valence-electron chi connectivity index (χ1n) is 26.6. The van der Waals surface area contributed by atoms with Crippen molar-refractivity contribution < 1.29 is 63.1 Å². The molecule has 0 saturated carbocycles. The van der Waals surface area contributed by atoms with Crippen LogP contribution in [0.1, 0.15) is 112 Å². The third-order valence-corrected chi connectivity index (χ3v) is 16.4. The number of likely N-dealkylation sites (N-methyl/N-ethyl adjacent to an activating group) is 2. The van der Waals surface area contributed by atoms with Crippen molar-refractivity contribution in [3.05, 3.63) is 66.2 Å². The number of cyclic esters (lactones) is 1. The standard InChI is InChI=1S/C55H87FN6O12/c1-14-44-55(10,68)48(64)36(6)61(12)30-32(2)26-53(8,67)50(34(4)47(35(5)51(66)72-44)73-45-27-54(9,69-13)49(65)37(7)71-45)74-52-46(63)43(24-33(3)70-52)60(11)23-21-41-31-62(59-58-41)42(28-56)25-38-17-19-39(20-18-38)40-16-15-22-57-29-40/h15-20,22,29,31-37,42-50,52,63-65,67-68H,14,21,23-28,30H2,1-13H3/t32-,33-,34+,35-,36-,37+,42+,43+,44-,45+,46-,47+,48-,49+,50-,52+,53-,54-,55-/m1/s1. The molecular formula is C55H87FN6O12. The van der Waals surface area contributed by atoms with E-state index in [2.05, 4.69) is 15.3 Å². The monoisotopic (exact) mass is 1040 g/mol. The zero-order valence-corrected chi connectivity index (χ0v) is 46.0. The van der Waals surface area contributed by atoms with E-state index in [1.807, 2.05) is 74.1 Å². The van der Waals surface area contributed by atoms with Crippen LogP contribution < -0.4 is 0 Å². The molecule has 5 N–H and O–H groups in total. The summed E-state index contributed by atoms with van der Waals surface area (Å²) in [6.45, 7) is 17.7. The lowest BCUT2D eigenvalue weighted by Crippen LogP contribution is -2.61. The van der Waals surface area contributed by atoms with Crippen LogP contribution in [0.25, 0.3) is 11.1 Å². The molecule has 0 unspecified atom stereocenters. The number of hydrogen-bond acceptors (Lipinski definition) is 17. The minimum Gasteiger partial charge on any atom is -0.459 e. The fraction of sp³-hybridized carbons (Fsp3) is 0.745. The Bertz CT molecular complexity index is 2210. The molecule has 6 rings (SSSR count). The number of aliphatic hydroxyl groups excluding tert-OH is 3. The van der Waals surface area contributed by atoms with Gasteiger partial charge in [0.25, 0.3) is 0 Å². The van der Waals surface area contributed by atoms with E-state index in [4.69, 9.17) is 28.4 Å². The van der Waals surface area contributed by atoms with Gasteiger partial charge in [-0.3, -0.25) is 9.78 Å². The van der Waals surface area contributed by atoms with E-state index in [1.165, 1.54) is 14.0 Å². The van der Waals surface area contributed by atoms with Gasteiger partial charge in [0.05, 0.1) is 53.3 Å². The number of hydrogen-bond donors (Lipinski definition) is 5. The predicted molar refractivity (Wildman–Crippen MR) is 275 cm³/mol. The zero-order chi connectivity index (χ0) is 54.4. The van der Waals surface area contributed by atoms with E-state index in [0.717, 1.165) is 16.7 Å². The number of alkyl halides is 1. The summed E-state index contributed by atoms with van der Waals surface area (Å²) >= 11 is 0. The second kappa shape index (κ2) is 25.3. The summed E-state index contributed by atoms with van der Waals surface area (Å²) in [6.07, 6.45) is -3.13. The fourth-order valence-electron chi connectivity index (χ4n) is 11.6. The molecule has 19 heteroatoms. The van der Waals surface area contributed by atoms with Crippen LogP contribution in [-0.2, 0) is 46.1 Å². The van der Waals surface area contributed by atoms with Gasteiger partial charge in [0.1, 0.15) is 36.7 Å². The molecule has 0 radical (unpaired) electrons. The molecule has 2 aromatic heterocycles. The van der Waals surface area contributed by atoms with E-state index in [9.17, 15) is 34.7 Å². The highest BCUT2D eigenvalue weighted by Gasteiger charge is 2.53. The quantitative estimate of drug-likeness (QED) is 0.127. The number of aromatic nitrogens is 4. The molecular weight excluding hydrogens is 956 g/mol. The van der Waals surface area contributed by atoms with Crippen LogP contribution in [0.4, 0.5) is 4.39 Å². The van der Waals surface area contributed by atoms with Crippen molar-refractivity contribution in [3.8, 4) is 11.1 Å². The number of esters is 1. The van der Waals surface area contributed by atoms with Gasteiger partial charge in [-0.15, -0.1) is 5.10 Å². The first-order chi connectivity index (χ1) is 34.8. The van der Waals surface area contributed by atoms with Gasteiger partial charge in [-0.1, -0.05) is 56.3 Å². The van der Waals surface area contributed by atoms with Crippen molar-refractivity contribution in [3.63, 3.8) is 0 Å². The highest BCUT2D eigenvalue weighted by molar-refractivity contribution is 5.73. The van der Waals surface area contributed by atoms with E-state index in [1.54, 1.807) is 71.7 Å². The normalized spacial score (nSPS) is 38.8. The van der Waals surface area contributed by atoms with Crippen LogP contribution in [0.3, 0.4) is 0 Å². The number of benzene rings is 1. The lowest BCUT2D eigenvalue weighted by molar-refractivity contribution is -0.318. The van der Waals surface area contributed by atoms with Gasteiger partial charge < -0.3 is 63.8 Å². The lowest BCUT2D eigenvalue weighted by atomic mass is 9.77. The molecule has 1 aromatic carbocycles. The van der Waals surface area contributed by atoms with E-state index < -0.39 is 121 Å². The molecule has 19 atom stereocenters. The van der Waals surface area contributed by atoms with Crippen LogP contribution in [-0.4, -0.2) is 193 Å². The third-order valence-electron chi connectivity index (χ3n) is 16.4. The first-order valence-corrected chi connectivity index (χ1v) is 26.6. The number of carbonyl (C=O) groups excluding carboxylic acids is 1. The summed E-state index contributed by atoms with van der Waals surface area (Å²) in [5.41, 5.74) is -0.922. The smallest absolute Gasteiger partial charge is 0.311 e. The molecule has 0 aliphatic carbocycles. The average Bonchev–Trinajstić information content (AvgIpc) is 3.85. The molecule has 3 aliphatic heterocycles. The Balaban J connectivity index is 1.24. The zero-order valence-electron chi connectivity index (χ0n) is 46.0. The molecule has 74 heavy (non-hydrogen) atoms. The maximum absolute atomic E-state index is 14.6. The number of aliphatic hydroxyl groups is 5. The van der Waals surface area contributed by atoms with Gasteiger partial charge in [0, 0.05) is 69.6 Å². The lowest BCUT2D eigenvalue weighted by Gasteiger charge is -2.49. The number of carbonyl (C=O) groups is 1. The first kappa shape index (κ1) is 59.7. The Morgan fingerprint density at radius 2 is 1.66 bits per heavy atom. The number of ether oxygens (including phenoxy) is 6. The third kappa shape index (κ3) is 13.9. The minimum atomic E-state index is -1.85. The summed E-state index contributed by atoms with van der Waals surface area (Å²) in [4.78, 5) is 22.6. The van der Waals surface area contributed by atoms with E-state index >= 15 is 0 Å². The topological polar surface area (TPSA) is 224 Å². The Morgan fingerprint density at radius 1 is 0.959 bits per heavy atom. The summed E-state index contributed by atoms with van der Waals surface area (Å²) in [6, 6.07) is 10.3. The summed E-state index contributed by atoms with van der Waals surface area (Å²) < 4.78 is 54.5. The van der Waals surface area contributed by atoms with Gasteiger partial charge in [-0.2, -0.15) is 0 Å². The van der Waals surface area contributed by atoms with E-state index in [0.29, 0.717) is 38.0 Å². The average molecular weight is 1040 g/mol. The van der Waals surface area contributed by atoms with Crippen LogP contribution in [0.2, 0.25) is 0 Å². The molecule has 0 bridgehead atoms. The van der Waals surface area contributed by atoms with Gasteiger partial charge >= 0.3 is 5.97 Å². The number of methoxy groups -OCH3 is 1. The van der Waals surface area contributed by atoms with Crippen LogP contribution >= 0.6 is 0 Å². The number of rotatable bonds is 15. The predicted octanol–water partition coefficient (Wildman–Crippen LogP) is 4.92. The summed E-state index contributed by atoms with van der Waals surface area (Å²) in [5.74, 6) is -2.84. The number of halogens is 1. The molecule has 3 saturated heterocycles. The Morgan fingerprint density at radius 3 is 2.30 bits per heavy atom. The molecule has 5 heterocycles. The van der Waals surface area contributed by atoms with Crippen molar-refractivity contribution in [1.29, 1.82) is 0 Å². The van der Waals surface area contributed by atoms with Crippen molar-refractivity contribution in [2.24, 2.45) is 17.8 Å². The molecule has 416 valence electrons. The SMILES string of the molecule is CC[C@H]1OC(=O)[C@H](C)[C@@H](O[C@H]2C[C@@](C)(OC)[C@@H](O)[C@H](C)O2)[C@H](C)[C@@H](O[C@@H]2O[C@H](C)C[C@H](N(C)CCc3cn([C@H](CF)Cc4ccc(-c5cccnc5)cc4)nn3)[C@H]2O)[C@](C)(O)C[C@@H](C)CN(C)[C@H](C)[C@@H](O)[C@]1(C)O. The van der Waals surface area contributed by atoms with Gasteiger partial charge in [-0.05, 0) is 117 Å². The molecule has 3 fully saturated rings. The van der Waals surface area contributed by atoms with Crippen LogP contribution in [0.5, 0.6) is 0 Å². The van der Waals surface area contributed by atoms with Gasteiger partial charge in [0.15, 0.2) is 12.6 Å². The number of pyridine rings is 1. The van der Waals surface area contributed by atoms with Crippen LogP contribution in [0.15, 0.2) is 55.0 Å². The minimum absolute atomic E-state index is 0.0900. The Kier molecular flexibility index (Phi) is 20.4. The molecule has 0 spiro atoms. The van der Waals surface area contributed by atoms with E-state index in [-0.39, 0.29) is 25.2 Å². The molecule has 3 aliphatic rings. The van der Waals surface area contributed by atoms with Crippen molar-refractivity contribution in [2.45, 2.75) is 204 Å². The highest BCUT2D eigenvalue weighted by atomic mass is 19.1. The van der Waals surface area contributed by atoms with Gasteiger partial charge in [-0.25, -0.2) is 9.07 Å². The maximum Gasteiger partial charge on any atom is 0.311 e. The molecule has 18 nitrogen and oxygen atoms in total. The number of nitrogens with zero attached hydrogens (tertiary/aromatic N) is 6. The highest BCUT2D eigenvalue weighted by Crippen LogP contribution is 2.40. The fourth-order valence-corrected chi connectivity index (χ4v) is 11.6. The van der Waals surface area contributed by atoms with Crippen molar-refractivity contribution >= 4 is 5.97 Å². The van der Waals surface area contributed by atoms with Crippen molar-refractivity contribution in [1.82, 2.24) is 29.8 Å².